The van der Waals surface area contributed by atoms with E-state index in [1.165, 1.54) is 18.4 Å². The van der Waals surface area contributed by atoms with E-state index in [9.17, 15) is 0 Å². The number of fused-ring (bicyclic) bond motifs is 3. The smallest absolute Gasteiger partial charge is 0.152 e. The molecule has 6 nitrogen and oxygen atoms in total. The molecular weight excluding hydrogens is 374 g/mol. The van der Waals surface area contributed by atoms with Crippen molar-refractivity contribution >= 4 is 27.8 Å². The van der Waals surface area contributed by atoms with Gasteiger partial charge in [0.2, 0.25) is 0 Å². The van der Waals surface area contributed by atoms with Crippen LogP contribution in [0.25, 0.3) is 21.9 Å². The summed E-state index contributed by atoms with van der Waals surface area (Å²) in [6, 6.07) is 8.91. The molecule has 1 aromatic carbocycles. The Morgan fingerprint density at radius 2 is 2.00 bits per heavy atom. The number of unbranched alkanes of at least 4 members (excludes halogenated alkanes) is 1. The first kappa shape index (κ1) is 19.8. The van der Waals surface area contributed by atoms with E-state index >= 15 is 0 Å². The topological polar surface area (TPSA) is 78.0 Å². The van der Waals surface area contributed by atoms with Crippen LogP contribution < -0.4 is 11.1 Å². The molecule has 2 aliphatic rings. The van der Waals surface area contributed by atoms with E-state index in [1.807, 2.05) is 12.1 Å². The van der Waals surface area contributed by atoms with Crippen LogP contribution in [0.5, 0.6) is 0 Å². The lowest BCUT2D eigenvalue weighted by molar-refractivity contribution is 0.0762. The molecule has 3 N–H and O–H groups in total. The zero-order valence-electron chi connectivity index (χ0n) is 18.0. The van der Waals surface area contributed by atoms with E-state index in [1.54, 1.807) is 0 Å². The van der Waals surface area contributed by atoms with Crippen molar-refractivity contribution in [2.45, 2.75) is 64.5 Å². The van der Waals surface area contributed by atoms with E-state index < -0.39 is 0 Å². The first-order chi connectivity index (χ1) is 14.7. The Kier molecular flexibility index (Phi) is 5.37. The second-order valence-electron chi connectivity index (χ2n) is 9.20. The molecule has 1 saturated carbocycles. The highest BCUT2D eigenvalue weighted by atomic mass is 16.5. The zero-order valence-corrected chi connectivity index (χ0v) is 18.0. The van der Waals surface area contributed by atoms with Crippen LogP contribution in [0.15, 0.2) is 24.3 Å². The van der Waals surface area contributed by atoms with E-state index in [-0.39, 0.29) is 0 Å². The van der Waals surface area contributed by atoms with Gasteiger partial charge in [-0.05, 0) is 38.2 Å². The Hall–Kier alpha value is -2.18. The summed E-state index contributed by atoms with van der Waals surface area (Å²) in [4.78, 5) is 9.63. The summed E-state index contributed by atoms with van der Waals surface area (Å²) in [6.07, 6.45) is 8.08. The van der Waals surface area contributed by atoms with Gasteiger partial charge in [0.05, 0.1) is 11.0 Å². The molecule has 160 valence electrons. The lowest BCUT2D eigenvalue weighted by atomic mass is 10.0. The van der Waals surface area contributed by atoms with E-state index in [0.29, 0.717) is 17.3 Å². The number of nitrogens with one attached hydrogen (secondary N) is 1. The van der Waals surface area contributed by atoms with Gasteiger partial charge in [-0.2, -0.15) is 0 Å². The second-order valence-corrected chi connectivity index (χ2v) is 9.20. The van der Waals surface area contributed by atoms with Gasteiger partial charge >= 0.3 is 0 Å². The van der Waals surface area contributed by atoms with E-state index in [2.05, 4.69) is 33.9 Å². The molecule has 0 bridgehead atoms. The Balaban J connectivity index is 1.50. The molecule has 0 radical (unpaired) electrons. The van der Waals surface area contributed by atoms with Gasteiger partial charge in [0.25, 0.3) is 0 Å². The first-order valence-electron chi connectivity index (χ1n) is 11.5. The maximum atomic E-state index is 6.36. The van der Waals surface area contributed by atoms with Crippen molar-refractivity contribution in [3.8, 4) is 0 Å². The van der Waals surface area contributed by atoms with Crippen LogP contribution in [0.1, 0.15) is 51.3 Å². The van der Waals surface area contributed by atoms with Gasteiger partial charge in [0.15, 0.2) is 5.82 Å². The van der Waals surface area contributed by atoms with Crippen LogP contribution in [0.3, 0.4) is 0 Å². The van der Waals surface area contributed by atoms with Gasteiger partial charge in [0.1, 0.15) is 11.3 Å². The fraction of sp³-hybridized carbons (Fsp3) is 0.583. The Bertz CT molecular complexity index is 1030. The molecule has 5 rings (SSSR count). The van der Waals surface area contributed by atoms with Gasteiger partial charge in [-0.3, -0.25) is 0 Å². The number of aryl methyl sites for hydroxylation is 1. The minimum Gasteiger partial charge on any atom is -0.382 e. The molecule has 2 fully saturated rings. The first-order valence-corrected chi connectivity index (χ1v) is 11.5. The molecule has 3 aromatic rings. The predicted molar refractivity (Wildman–Crippen MR) is 122 cm³/mol. The summed E-state index contributed by atoms with van der Waals surface area (Å²) in [5.41, 5.74) is 9.67. The average molecular weight is 408 g/mol. The van der Waals surface area contributed by atoms with Gasteiger partial charge in [-0.1, -0.05) is 31.5 Å². The van der Waals surface area contributed by atoms with Crippen molar-refractivity contribution in [2.24, 2.45) is 5.41 Å². The van der Waals surface area contributed by atoms with Crippen molar-refractivity contribution < 1.29 is 4.74 Å². The number of pyridine rings is 1. The number of nitrogen functional groups attached to an aromatic ring is 1. The third kappa shape index (κ3) is 3.79. The molecule has 30 heavy (non-hydrogen) atoms. The summed E-state index contributed by atoms with van der Waals surface area (Å²) < 4.78 is 7.99. The second kappa shape index (κ2) is 8.16. The average Bonchev–Trinajstić information content (AvgIpc) is 3.45. The molecule has 1 aliphatic heterocycles. The number of benzene rings is 1. The van der Waals surface area contributed by atoms with Gasteiger partial charge in [-0.15, -0.1) is 0 Å². The van der Waals surface area contributed by atoms with Crippen molar-refractivity contribution in [1.82, 2.24) is 19.9 Å². The van der Waals surface area contributed by atoms with Crippen molar-refractivity contribution in [3.05, 3.63) is 30.1 Å². The van der Waals surface area contributed by atoms with Crippen LogP contribution in [-0.4, -0.2) is 40.3 Å². The van der Waals surface area contributed by atoms with Crippen molar-refractivity contribution in [3.63, 3.8) is 0 Å². The summed E-state index contributed by atoms with van der Waals surface area (Å²) in [6.45, 7) is 6.08. The zero-order chi connectivity index (χ0) is 20.6. The van der Waals surface area contributed by atoms with E-state index in [4.69, 9.17) is 15.5 Å². The van der Waals surface area contributed by atoms with Gasteiger partial charge < -0.3 is 20.4 Å². The number of para-hydroxylation sites is 1. The number of nitrogens with zero attached hydrogens (tertiary/aromatic N) is 3. The molecule has 0 unspecified atom stereocenters. The minimum atomic E-state index is 0.325. The molecule has 3 heterocycles. The minimum absolute atomic E-state index is 0.325. The number of imidazole rings is 1. The lowest BCUT2D eigenvalue weighted by Crippen LogP contribution is -2.39. The number of aromatic nitrogens is 3. The lowest BCUT2D eigenvalue weighted by Gasteiger charge is -2.26. The molecule has 2 aromatic heterocycles. The molecule has 6 heteroatoms. The number of anilines is 1. The predicted octanol–water partition coefficient (Wildman–Crippen LogP) is 4.06. The van der Waals surface area contributed by atoms with Crippen molar-refractivity contribution in [1.29, 1.82) is 0 Å². The molecule has 0 atom stereocenters. The standard InChI is InChI=1S/C24H33N5O/c1-2-3-8-20-28-21-22(18-6-4-5-7-19(18)27-23(21)25)29(20)16-24(11-12-24)15-26-17-9-13-30-14-10-17/h4-7,17,26H,2-3,8-16H2,1H3,(H2,25,27). The fourth-order valence-electron chi connectivity index (χ4n) is 4.77. The van der Waals surface area contributed by atoms with Gasteiger partial charge in [0, 0.05) is 49.6 Å². The van der Waals surface area contributed by atoms with Crippen LogP contribution in [-0.2, 0) is 17.7 Å². The molecule has 0 amide bonds. The largest absolute Gasteiger partial charge is 0.382 e. The molecule has 0 spiro atoms. The number of ether oxygens (including phenoxy) is 1. The maximum absolute atomic E-state index is 6.36. The normalized spacial score (nSPS) is 19.0. The summed E-state index contributed by atoms with van der Waals surface area (Å²) in [7, 11) is 0. The Morgan fingerprint density at radius 3 is 2.77 bits per heavy atom. The number of hydrogen-bond donors (Lipinski definition) is 2. The summed E-state index contributed by atoms with van der Waals surface area (Å²) in [5.74, 6) is 1.71. The summed E-state index contributed by atoms with van der Waals surface area (Å²) >= 11 is 0. The fourth-order valence-corrected chi connectivity index (χ4v) is 4.77. The Labute approximate surface area is 178 Å². The number of hydrogen-bond acceptors (Lipinski definition) is 5. The molecule has 1 aliphatic carbocycles. The molecule has 1 saturated heterocycles. The summed E-state index contributed by atoms with van der Waals surface area (Å²) in [5, 5.41) is 5.00. The van der Waals surface area contributed by atoms with Crippen LogP contribution in [0, 0.1) is 5.41 Å². The number of nitrogens with two attached hydrogens (primary N) is 1. The van der Waals surface area contributed by atoms with Crippen molar-refractivity contribution in [2.75, 3.05) is 25.5 Å². The Morgan fingerprint density at radius 1 is 1.20 bits per heavy atom. The van der Waals surface area contributed by atoms with Crippen LogP contribution >= 0.6 is 0 Å². The van der Waals surface area contributed by atoms with E-state index in [0.717, 1.165) is 80.7 Å². The highest BCUT2D eigenvalue weighted by molar-refractivity contribution is 6.06. The monoisotopic (exact) mass is 407 g/mol. The third-order valence-corrected chi connectivity index (χ3v) is 6.88. The van der Waals surface area contributed by atoms with Gasteiger partial charge in [-0.25, -0.2) is 9.97 Å². The van der Waals surface area contributed by atoms with Crippen LogP contribution in [0.4, 0.5) is 5.82 Å². The van der Waals surface area contributed by atoms with Crippen LogP contribution in [0.2, 0.25) is 0 Å². The quantitative estimate of drug-likeness (QED) is 0.589. The highest BCUT2D eigenvalue weighted by Gasteiger charge is 2.43. The maximum Gasteiger partial charge on any atom is 0.152 e. The third-order valence-electron chi connectivity index (χ3n) is 6.88. The SMILES string of the molecule is CCCCc1nc2c(N)nc3ccccc3c2n1CC1(CNC2CCOCC2)CC1. The number of rotatable bonds is 8. The highest BCUT2D eigenvalue weighted by Crippen LogP contribution is 2.48. The molecular formula is C24H33N5O.